The van der Waals surface area contributed by atoms with Gasteiger partial charge in [0.05, 0.1) is 5.00 Å². The summed E-state index contributed by atoms with van der Waals surface area (Å²) in [4.78, 5) is 0. The van der Waals surface area contributed by atoms with Gasteiger partial charge >= 0.3 is 7.12 Å². The van der Waals surface area contributed by atoms with E-state index < -0.39 is 7.12 Å². The van der Waals surface area contributed by atoms with Crippen molar-refractivity contribution in [2.75, 3.05) is 5.73 Å². The molecule has 0 saturated heterocycles. The van der Waals surface area contributed by atoms with Crippen molar-refractivity contribution in [2.45, 2.75) is 0 Å². The van der Waals surface area contributed by atoms with Crippen LogP contribution in [-0.2, 0) is 0 Å². The van der Waals surface area contributed by atoms with E-state index in [0.29, 0.717) is 5.00 Å². The Morgan fingerprint density at radius 2 is 1.93 bits per heavy atom. The zero-order chi connectivity index (χ0) is 10.3. The molecule has 72 valence electrons. The first-order valence-corrected chi connectivity index (χ1v) is 4.77. The number of phenolic OH excluding ortho intramolecular Hbond substituents is 1. The fourth-order valence-electron chi connectivity index (χ4n) is 1.32. The molecular weight excluding hydrogens is 201 g/mol. The number of nitrogens with two attached hydrogens (primary N) is 1. The van der Waals surface area contributed by atoms with Gasteiger partial charge in [-0.3, -0.25) is 0 Å². The van der Waals surface area contributed by atoms with E-state index in [0.717, 1.165) is 10.1 Å². The average molecular weight is 209 g/mol. The minimum absolute atomic E-state index is 0.0929. The maximum absolute atomic E-state index is 9.43. The molecule has 0 atom stereocenters. The number of rotatable bonds is 1. The fraction of sp³-hybridized carbons (Fsp3) is 0. The second-order valence-corrected chi connectivity index (χ2v) is 4.09. The SMILES string of the molecule is Nc1cc2cc(B(O)O)c(O)cc2s1. The van der Waals surface area contributed by atoms with E-state index in [1.807, 2.05) is 0 Å². The number of benzene rings is 1. The van der Waals surface area contributed by atoms with Crippen LogP contribution in [0.4, 0.5) is 5.00 Å². The molecule has 0 aliphatic heterocycles. The largest absolute Gasteiger partial charge is 0.508 e. The lowest BCUT2D eigenvalue weighted by Crippen LogP contribution is -2.29. The topological polar surface area (TPSA) is 86.7 Å². The summed E-state index contributed by atoms with van der Waals surface area (Å²) in [5.41, 5.74) is 5.67. The minimum Gasteiger partial charge on any atom is -0.508 e. The molecule has 4 nitrogen and oxygen atoms in total. The summed E-state index contributed by atoms with van der Waals surface area (Å²) < 4.78 is 0.824. The van der Waals surface area contributed by atoms with Gasteiger partial charge in [0.25, 0.3) is 0 Å². The van der Waals surface area contributed by atoms with Gasteiger partial charge in [0.15, 0.2) is 0 Å². The molecule has 6 heteroatoms. The van der Waals surface area contributed by atoms with Gasteiger partial charge in [-0.25, -0.2) is 0 Å². The molecule has 0 aliphatic rings. The van der Waals surface area contributed by atoms with Gasteiger partial charge in [-0.1, -0.05) is 0 Å². The molecule has 0 bridgehead atoms. The van der Waals surface area contributed by atoms with Crippen LogP contribution in [-0.4, -0.2) is 22.3 Å². The molecular formula is C8H8BNO3S. The van der Waals surface area contributed by atoms with Crippen molar-refractivity contribution < 1.29 is 15.2 Å². The highest BCUT2D eigenvalue weighted by molar-refractivity contribution is 7.22. The summed E-state index contributed by atoms with van der Waals surface area (Å²) in [6.45, 7) is 0. The second-order valence-electron chi connectivity index (χ2n) is 2.97. The Bertz CT molecular complexity index is 483. The van der Waals surface area contributed by atoms with Crippen LogP contribution in [0.3, 0.4) is 0 Å². The van der Waals surface area contributed by atoms with Gasteiger partial charge < -0.3 is 20.9 Å². The van der Waals surface area contributed by atoms with Crippen molar-refractivity contribution >= 4 is 39.0 Å². The van der Waals surface area contributed by atoms with Crippen molar-refractivity contribution in [3.63, 3.8) is 0 Å². The number of hydrogen-bond acceptors (Lipinski definition) is 5. The first-order valence-electron chi connectivity index (χ1n) is 3.96. The molecule has 0 aliphatic carbocycles. The first-order chi connectivity index (χ1) is 6.58. The van der Waals surface area contributed by atoms with E-state index in [1.165, 1.54) is 23.5 Å². The molecule has 5 N–H and O–H groups in total. The molecule has 0 amide bonds. The Balaban J connectivity index is 2.70. The van der Waals surface area contributed by atoms with Gasteiger partial charge in [0, 0.05) is 10.2 Å². The van der Waals surface area contributed by atoms with Gasteiger partial charge in [0.1, 0.15) is 5.75 Å². The molecule has 1 aromatic heterocycles. The number of fused-ring (bicyclic) bond motifs is 1. The Labute approximate surface area is 84.4 Å². The zero-order valence-corrected chi connectivity index (χ0v) is 7.95. The summed E-state index contributed by atoms with van der Waals surface area (Å²) >= 11 is 1.34. The third-order valence-corrected chi connectivity index (χ3v) is 2.89. The number of aromatic hydroxyl groups is 1. The maximum Gasteiger partial charge on any atom is 0.492 e. The number of nitrogen functional groups attached to an aromatic ring is 1. The standard InChI is InChI=1S/C8H8BNO3S/c10-8-2-4-1-5(9(12)13)6(11)3-7(4)14-8/h1-3,11-13H,10H2. The van der Waals surface area contributed by atoms with E-state index in [1.54, 1.807) is 6.07 Å². The highest BCUT2D eigenvalue weighted by atomic mass is 32.1. The van der Waals surface area contributed by atoms with Crippen LogP contribution in [0, 0.1) is 0 Å². The minimum atomic E-state index is -1.67. The third-order valence-electron chi connectivity index (χ3n) is 1.96. The average Bonchev–Trinajstić information content (AvgIpc) is 2.42. The molecule has 0 unspecified atom stereocenters. The normalized spacial score (nSPS) is 10.7. The molecule has 0 fully saturated rings. The van der Waals surface area contributed by atoms with Crippen LogP contribution in [0.25, 0.3) is 10.1 Å². The summed E-state index contributed by atoms with van der Waals surface area (Å²) in [7, 11) is -1.67. The fourth-order valence-corrected chi connectivity index (χ4v) is 2.17. The maximum atomic E-state index is 9.43. The van der Waals surface area contributed by atoms with Crippen LogP contribution >= 0.6 is 11.3 Å². The van der Waals surface area contributed by atoms with E-state index in [-0.39, 0.29) is 11.2 Å². The Morgan fingerprint density at radius 3 is 2.57 bits per heavy atom. The lowest BCUT2D eigenvalue weighted by atomic mass is 9.79. The Kier molecular flexibility index (Phi) is 2.11. The highest BCUT2D eigenvalue weighted by Gasteiger charge is 2.17. The lowest BCUT2D eigenvalue weighted by Gasteiger charge is -2.02. The van der Waals surface area contributed by atoms with Crippen LogP contribution in [0.1, 0.15) is 0 Å². The molecule has 2 rings (SSSR count). The Morgan fingerprint density at radius 1 is 1.21 bits per heavy atom. The van der Waals surface area contributed by atoms with Gasteiger partial charge in [-0.2, -0.15) is 0 Å². The summed E-state index contributed by atoms with van der Waals surface area (Å²) in [5, 5.41) is 28.7. The molecule has 0 spiro atoms. The first kappa shape index (κ1) is 9.33. The number of anilines is 1. The van der Waals surface area contributed by atoms with E-state index >= 15 is 0 Å². The van der Waals surface area contributed by atoms with E-state index in [4.69, 9.17) is 15.8 Å². The summed E-state index contributed by atoms with van der Waals surface area (Å²) in [6.07, 6.45) is 0. The van der Waals surface area contributed by atoms with Gasteiger partial charge in [-0.15, -0.1) is 11.3 Å². The molecule has 0 radical (unpaired) electrons. The lowest BCUT2D eigenvalue weighted by molar-refractivity contribution is 0.420. The van der Waals surface area contributed by atoms with Crippen LogP contribution in [0.2, 0.25) is 0 Å². The molecule has 0 saturated carbocycles. The van der Waals surface area contributed by atoms with E-state index in [2.05, 4.69) is 0 Å². The predicted molar refractivity (Wildman–Crippen MR) is 57.7 cm³/mol. The Hall–Kier alpha value is -1.24. The molecule has 1 aromatic carbocycles. The summed E-state index contributed by atoms with van der Waals surface area (Å²) in [6, 6.07) is 4.72. The van der Waals surface area contributed by atoms with Crippen LogP contribution in [0.5, 0.6) is 5.75 Å². The van der Waals surface area contributed by atoms with Crippen molar-refractivity contribution in [2.24, 2.45) is 0 Å². The summed E-state index contributed by atoms with van der Waals surface area (Å²) in [5.74, 6) is -0.130. The number of hydrogen-bond donors (Lipinski definition) is 4. The van der Waals surface area contributed by atoms with Crippen molar-refractivity contribution in [1.82, 2.24) is 0 Å². The van der Waals surface area contributed by atoms with Crippen molar-refractivity contribution in [1.29, 1.82) is 0 Å². The van der Waals surface area contributed by atoms with Crippen LogP contribution < -0.4 is 11.2 Å². The molecule has 2 aromatic rings. The zero-order valence-electron chi connectivity index (χ0n) is 7.14. The quantitative estimate of drug-likeness (QED) is 0.492. The monoisotopic (exact) mass is 209 g/mol. The number of thiophene rings is 1. The molecule has 14 heavy (non-hydrogen) atoms. The third kappa shape index (κ3) is 1.43. The van der Waals surface area contributed by atoms with Gasteiger partial charge in [-0.05, 0) is 23.6 Å². The highest BCUT2D eigenvalue weighted by Crippen LogP contribution is 2.29. The van der Waals surface area contributed by atoms with Crippen molar-refractivity contribution in [3.8, 4) is 5.75 Å². The van der Waals surface area contributed by atoms with Gasteiger partial charge in [0.2, 0.25) is 0 Å². The number of phenols is 1. The van der Waals surface area contributed by atoms with Crippen LogP contribution in [0.15, 0.2) is 18.2 Å². The van der Waals surface area contributed by atoms with Crippen molar-refractivity contribution in [3.05, 3.63) is 18.2 Å². The smallest absolute Gasteiger partial charge is 0.492 e. The second kappa shape index (κ2) is 3.16. The van der Waals surface area contributed by atoms with E-state index in [9.17, 15) is 5.11 Å². The molecule has 1 heterocycles. The predicted octanol–water partition coefficient (Wildman–Crippen LogP) is -0.131.